The number of hydrogen-bond donors (Lipinski definition) is 1. The molecule has 1 aliphatic rings. The highest BCUT2D eigenvalue weighted by molar-refractivity contribution is 5.97. The minimum absolute atomic E-state index is 0.245. The van der Waals surface area contributed by atoms with Crippen LogP contribution in [0.2, 0.25) is 0 Å². The van der Waals surface area contributed by atoms with Crippen molar-refractivity contribution >= 4 is 11.9 Å². The van der Waals surface area contributed by atoms with E-state index in [9.17, 15) is 9.59 Å². The van der Waals surface area contributed by atoms with Gasteiger partial charge in [0, 0.05) is 5.56 Å². The SMILES string of the molecule is COC(=O)[C@H](CC1CC1)NC(=O)c1ccc(-c2ccccc2)cc1. The summed E-state index contributed by atoms with van der Waals surface area (Å²) in [6, 6.07) is 16.8. The van der Waals surface area contributed by atoms with Crippen molar-refractivity contribution in [3.8, 4) is 11.1 Å². The molecular formula is C20H21NO3. The van der Waals surface area contributed by atoms with Crippen molar-refractivity contribution in [2.45, 2.75) is 25.3 Å². The van der Waals surface area contributed by atoms with Gasteiger partial charge < -0.3 is 10.1 Å². The molecule has 0 spiro atoms. The minimum atomic E-state index is -0.566. The third kappa shape index (κ3) is 4.02. The van der Waals surface area contributed by atoms with Crippen molar-refractivity contribution in [2.24, 2.45) is 5.92 Å². The Morgan fingerprint density at radius 1 is 1.04 bits per heavy atom. The second kappa shape index (κ2) is 7.30. The van der Waals surface area contributed by atoms with Crippen molar-refractivity contribution in [1.82, 2.24) is 5.32 Å². The molecule has 1 saturated carbocycles. The van der Waals surface area contributed by atoms with Gasteiger partial charge in [0.15, 0.2) is 0 Å². The molecule has 2 aromatic rings. The van der Waals surface area contributed by atoms with Crippen molar-refractivity contribution in [3.05, 3.63) is 60.2 Å². The normalized spacial score (nSPS) is 14.7. The summed E-state index contributed by atoms with van der Waals surface area (Å²) in [5.41, 5.74) is 2.69. The molecule has 0 aromatic heterocycles. The molecule has 0 bridgehead atoms. The van der Waals surface area contributed by atoms with Crippen LogP contribution in [0.5, 0.6) is 0 Å². The lowest BCUT2D eigenvalue weighted by atomic mass is 10.0. The van der Waals surface area contributed by atoms with Gasteiger partial charge in [-0.25, -0.2) is 4.79 Å². The van der Waals surface area contributed by atoms with Crippen molar-refractivity contribution < 1.29 is 14.3 Å². The number of hydrogen-bond acceptors (Lipinski definition) is 3. The van der Waals surface area contributed by atoms with E-state index >= 15 is 0 Å². The smallest absolute Gasteiger partial charge is 0.328 e. The molecule has 4 nitrogen and oxygen atoms in total. The maximum atomic E-state index is 12.4. The van der Waals surface area contributed by atoms with Gasteiger partial charge in [0.2, 0.25) is 0 Å². The van der Waals surface area contributed by atoms with Gasteiger partial charge in [0.25, 0.3) is 5.91 Å². The highest BCUT2D eigenvalue weighted by Crippen LogP contribution is 2.33. The van der Waals surface area contributed by atoms with E-state index in [0.717, 1.165) is 24.0 Å². The Balaban J connectivity index is 1.68. The Kier molecular flexibility index (Phi) is 4.94. The molecule has 4 heteroatoms. The van der Waals surface area contributed by atoms with E-state index in [0.29, 0.717) is 17.9 Å². The zero-order chi connectivity index (χ0) is 16.9. The number of rotatable bonds is 6. The van der Waals surface area contributed by atoms with Crippen LogP contribution in [0, 0.1) is 5.92 Å². The molecule has 0 radical (unpaired) electrons. The van der Waals surface area contributed by atoms with Crippen LogP contribution >= 0.6 is 0 Å². The molecule has 1 atom stereocenters. The second-order valence-electron chi connectivity index (χ2n) is 6.17. The molecule has 1 N–H and O–H groups in total. The molecule has 0 aliphatic heterocycles. The Hall–Kier alpha value is -2.62. The Morgan fingerprint density at radius 3 is 2.25 bits per heavy atom. The Labute approximate surface area is 141 Å². The molecule has 2 aromatic carbocycles. The maximum absolute atomic E-state index is 12.4. The first-order valence-corrected chi connectivity index (χ1v) is 8.21. The molecule has 0 heterocycles. The summed E-state index contributed by atoms with van der Waals surface area (Å²) in [5, 5.41) is 2.80. The molecule has 1 amide bonds. The standard InChI is InChI=1S/C20H21NO3/c1-24-20(23)18(13-14-7-8-14)21-19(22)17-11-9-16(10-12-17)15-5-3-2-4-6-15/h2-6,9-12,14,18H,7-8,13H2,1H3,(H,21,22)/t18-/m0/s1. The second-order valence-corrected chi connectivity index (χ2v) is 6.17. The topological polar surface area (TPSA) is 55.4 Å². The number of esters is 1. The predicted octanol–water partition coefficient (Wildman–Crippen LogP) is 3.43. The van der Waals surface area contributed by atoms with E-state index in [-0.39, 0.29) is 11.9 Å². The maximum Gasteiger partial charge on any atom is 0.328 e. The van der Waals surface area contributed by atoms with Gasteiger partial charge in [-0.1, -0.05) is 55.3 Å². The summed E-state index contributed by atoms with van der Waals surface area (Å²) in [7, 11) is 1.35. The number of ether oxygens (including phenoxy) is 1. The molecule has 3 rings (SSSR count). The lowest BCUT2D eigenvalue weighted by Crippen LogP contribution is -2.41. The molecule has 0 saturated heterocycles. The number of nitrogens with one attached hydrogen (secondary N) is 1. The average molecular weight is 323 g/mol. The van der Waals surface area contributed by atoms with Gasteiger partial charge in [0.05, 0.1) is 7.11 Å². The fourth-order valence-corrected chi connectivity index (χ4v) is 2.73. The number of carbonyl (C=O) groups is 2. The Morgan fingerprint density at radius 2 is 1.67 bits per heavy atom. The molecule has 1 fully saturated rings. The van der Waals surface area contributed by atoms with E-state index < -0.39 is 6.04 Å². The molecule has 24 heavy (non-hydrogen) atoms. The zero-order valence-corrected chi connectivity index (χ0v) is 13.7. The average Bonchev–Trinajstić information content (AvgIpc) is 3.45. The van der Waals surface area contributed by atoms with E-state index in [1.54, 1.807) is 12.1 Å². The molecule has 1 aliphatic carbocycles. The van der Waals surface area contributed by atoms with Crippen molar-refractivity contribution in [2.75, 3.05) is 7.11 Å². The summed E-state index contributed by atoms with van der Waals surface area (Å²) in [5.74, 6) is -0.100. The van der Waals surface area contributed by atoms with E-state index in [1.165, 1.54) is 7.11 Å². The summed E-state index contributed by atoms with van der Waals surface area (Å²) in [6.45, 7) is 0. The quantitative estimate of drug-likeness (QED) is 0.829. The van der Waals surface area contributed by atoms with E-state index in [4.69, 9.17) is 4.74 Å². The minimum Gasteiger partial charge on any atom is -0.467 e. The van der Waals surface area contributed by atoms with Gasteiger partial charge in [-0.2, -0.15) is 0 Å². The van der Waals surface area contributed by atoms with Crippen LogP contribution < -0.4 is 5.32 Å². The summed E-state index contributed by atoms with van der Waals surface area (Å²) >= 11 is 0. The van der Waals surface area contributed by atoms with Gasteiger partial charge in [-0.05, 0) is 35.6 Å². The van der Waals surface area contributed by atoms with Crippen LogP contribution in [-0.2, 0) is 9.53 Å². The van der Waals surface area contributed by atoms with Crippen LogP contribution in [0.3, 0.4) is 0 Å². The predicted molar refractivity (Wildman–Crippen MR) is 92.5 cm³/mol. The highest BCUT2D eigenvalue weighted by Gasteiger charge is 2.31. The first-order valence-electron chi connectivity index (χ1n) is 8.21. The number of amides is 1. The lowest BCUT2D eigenvalue weighted by Gasteiger charge is -2.16. The van der Waals surface area contributed by atoms with Gasteiger partial charge in [-0.3, -0.25) is 4.79 Å². The lowest BCUT2D eigenvalue weighted by molar-refractivity contribution is -0.143. The number of methoxy groups -OCH3 is 1. The van der Waals surface area contributed by atoms with Crippen LogP contribution in [0.25, 0.3) is 11.1 Å². The van der Waals surface area contributed by atoms with Crippen LogP contribution in [0.4, 0.5) is 0 Å². The third-order valence-corrected chi connectivity index (χ3v) is 4.31. The fourth-order valence-electron chi connectivity index (χ4n) is 2.73. The number of benzene rings is 2. The van der Waals surface area contributed by atoms with E-state index in [2.05, 4.69) is 5.32 Å². The Bertz CT molecular complexity index is 705. The zero-order valence-electron chi connectivity index (χ0n) is 13.7. The van der Waals surface area contributed by atoms with E-state index in [1.807, 2.05) is 42.5 Å². The van der Waals surface area contributed by atoms with Gasteiger partial charge in [-0.15, -0.1) is 0 Å². The van der Waals surface area contributed by atoms with Crippen molar-refractivity contribution in [3.63, 3.8) is 0 Å². The summed E-state index contributed by atoms with van der Waals surface area (Å²) in [4.78, 5) is 24.3. The van der Waals surface area contributed by atoms with Crippen LogP contribution in [0.15, 0.2) is 54.6 Å². The van der Waals surface area contributed by atoms with Crippen LogP contribution in [-0.4, -0.2) is 25.0 Å². The highest BCUT2D eigenvalue weighted by atomic mass is 16.5. The molecular weight excluding hydrogens is 302 g/mol. The summed E-state index contributed by atoms with van der Waals surface area (Å²) in [6.07, 6.45) is 2.89. The first-order chi connectivity index (χ1) is 11.7. The summed E-state index contributed by atoms with van der Waals surface area (Å²) < 4.78 is 4.80. The number of carbonyl (C=O) groups excluding carboxylic acids is 2. The van der Waals surface area contributed by atoms with Crippen LogP contribution in [0.1, 0.15) is 29.6 Å². The van der Waals surface area contributed by atoms with Crippen molar-refractivity contribution in [1.29, 1.82) is 0 Å². The molecule has 0 unspecified atom stereocenters. The van der Waals surface area contributed by atoms with Gasteiger partial charge in [0.1, 0.15) is 6.04 Å². The monoisotopic (exact) mass is 323 g/mol. The first kappa shape index (κ1) is 16.2. The third-order valence-electron chi connectivity index (χ3n) is 4.31. The molecule has 124 valence electrons. The largest absolute Gasteiger partial charge is 0.467 e. The fraction of sp³-hybridized carbons (Fsp3) is 0.300. The van der Waals surface area contributed by atoms with Gasteiger partial charge >= 0.3 is 5.97 Å².